The quantitative estimate of drug-likeness (QED) is 0.648. The van der Waals surface area contributed by atoms with Gasteiger partial charge in [0.25, 0.3) is 0 Å². The number of anilines is 1. The fraction of sp³-hybridized carbons (Fsp3) is 0.0588. The zero-order valence-electron chi connectivity index (χ0n) is 10.7. The Hall–Kier alpha value is -1.70. The van der Waals surface area contributed by atoms with Crippen molar-refractivity contribution in [2.24, 2.45) is 0 Å². The van der Waals surface area contributed by atoms with Gasteiger partial charge in [-0.25, -0.2) is 0 Å². The predicted octanol–water partition coefficient (Wildman–Crippen LogP) is 5.76. The molecule has 0 bridgehead atoms. The third-order valence-electron chi connectivity index (χ3n) is 3.17. The Morgan fingerprint density at radius 3 is 2.20 bits per heavy atom. The van der Waals surface area contributed by atoms with Gasteiger partial charge in [0.2, 0.25) is 0 Å². The fourth-order valence-corrected chi connectivity index (χ4v) is 2.79. The molecule has 0 heterocycles. The van der Waals surface area contributed by atoms with E-state index in [1.54, 1.807) is 6.07 Å². The summed E-state index contributed by atoms with van der Waals surface area (Å²) < 4.78 is 0. The monoisotopic (exact) mass is 301 g/mol. The van der Waals surface area contributed by atoms with Crippen LogP contribution in [0.5, 0.6) is 0 Å². The van der Waals surface area contributed by atoms with Crippen LogP contribution in [0.3, 0.4) is 0 Å². The Bertz CT molecular complexity index is 733. The number of halogens is 2. The second-order valence-corrected chi connectivity index (χ2v) is 5.57. The molecule has 20 heavy (non-hydrogen) atoms. The van der Waals surface area contributed by atoms with Crippen molar-refractivity contribution < 1.29 is 0 Å². The van der Waals surface area contributed by atoms with Crippen LogP contribution in [0, 0.1) is 0 Å². The van der Waals surface area contributed by atoms with Crippen molar-refractivity contribution in [3.8, 4) is 0 Å². The van der Waals surface area contributed by atoms with Crippen LogP contribution < -0.4 is 5.32 Å². The van der Waals surface area contributed by atoms with Gasteiger partial charge in [0, 0.05) is 22.3 Å². The van der Waals surface area contributed by atoms with Gasteiger partial charge in [0.15, 0.2) is 0 Å². The van der Waals surface area contributed by atoms with E-state index < -0.39 is 0 Å². The van der Waals surface area contributed by atoms with Crippen molar-refractivity contribution in [1.82, 2.24) is 0 Å². The largest absolute Gasteiger partial charge is 0.381 e. The zero-order chi connectivity index (χ0) is 13.9. The minimum absolute atomic E-state index is 0.660. The third kappa shape index (κ3) is 3.06. The molecule has 0 spiro atoms. The Kier molecular flexibility index (Phi) is 3.81. The van der Waals surface area contributed by atoms with Crippen molar-refractivity contribution in [3.05, 3.63) is 76.3 Å². The van der Waals surface area contributed by atoms with Crippen LogP contribution in [0.4, 0.5) is 5.69 Å². The van der Waals surface area contributed by atoms with Crippen LogP contribution in [-0.4, -0.2) is 0 Å². The van der Waals surface area contributed by atoms with Gasteiger partial charge >= 0.3 is 0 Å². The molecular formula is C17H13Cl2N. The van der Waals surface area contributed by atoms with E-state index in [1.165, 1.54) is 10.8 Å². The Balaban J connectivity index is 1.79. The van der Waals surface area contributed by atoms with Crippen LogP contribution in [0.2, 0.25) is 10.0 Å². The molecule has 0 saturated heterocycles. The first kappa shape index (κ1) is 13.3. The third-order valence-corrected chi connectivity index (χ3v) is 3.60. The van der Waals surface area contributed by atoms with E-state index >= 15 is 0 Å². The molecule has 3 aromatic carbocycles. The number of hydrogen-bond donors (Lipinski definition) is 1. The lowest BCUT2D eigenvalue weighted by atomic mass is 10.1. The van der Waals surface area contributed by atoms with E-state index in [0.29, 0.717) is 16.6 Å². The topological polar surface area (TPSA) is 12.0 Å². The van der Waals surface area contributed by atoms with E-state index in [1.807, 2.05) is 24.3 Å². The summed E-state index contributed by atoms with van der Waals surface area (Å²) in [5, 5.41) is 7.17. The summed E-state index contributed by atoms with van der Waals surface area (Å²) in [5.41, 5.74) is 2.15. The summed E-state index contributed by atoms with van der Waals surface area (Å²) in [6, 6.07) is 20.2. The molecule has 0 aliphatic heterocycles. The van der Waals surface area contributed by atoms with Crippen molar-refractivity contribution >= 4 is 39.7 Å². The van der Waals surface area contributed by atoms with Crippen LogP contribution in [0.1, 0.15) is 5.56 Å². The molecule has 0 radical (unpaired) electrons. The van der Waals surface area contributed by atoms with Crippen LogP contribution in [0.15, 0.2) is 60.7 Å². The van der Waals surface area contributed by atoms with Crippen LogP contribution in [-0.2, 0) is 6.54 Å². The van der Waals surface area contributed by atoms with Gasteiger partial charge in [-0.1, -0.05) is 53.5 Å². The standard InChI is InChI=1S/C17H13Cl2N/c18-15-7-12(8-16(19)10-15)11-20-17-6-5-13-3-1-2-4-14(13)9-17/h1-10,20H,11H2. The minimum Gasteiger partial charge on any atom is -0.381 e. The molecule has 1 N–H and O–H groups in total. The van der Waals surface area contributed by atoms with E-state index in [-0.39, 0.29) is 0 Å². The Morgan fingerprint density at radius 1 is 0.750 bits per heavy atom. The number of rotatable bonds is 3. The Morgan fingerprint density at radius 2 is 1.45 bits per heavy atom. The molecule has 0 saturated carbocycles. The summed E-state index contributed by atoms with van der Waals surface area (Å²) >= 11 is 12.0. The molecule has 0 atom stereocenters. The summed E-state index contributed by atoms with van der Waals surface area (Å²) in [6.07, 6.45) is 0. The molecule has 0 aromatic heterocycles. The zero-order valence-corrected chi connectivity index (χ0v) is 12.2. The average Bonchev–Trinajstić information content (AvgIpc) is 2.44. The highest BCUT2D eigenvalue weighted by molar-refractivity contribution is 6.34. The van der Waals surface area contributed by atoms with Crippen LogP contribution in [0.25, 0.3) is 10.8 Å². The first-order valence-electron chi connectivity index (χ1n) is 6.38. The number of fused-ring (bicyclic) bond motifs is 1. The molecule has 3 aromatic rings. The van der Waals surface area contributed by atoms with E-state index in [2.05, 4.69) is 35.6 Å². The molecule has 0 aliphatic carbocycles. The number of nitrogens with one attached hydrogen (secondary N) is 1. The number of hydrogen-bond acceptors (Lipinski definition) is 1. The maximum atomic E-state index is 6.00. The summed E-state index contributed by atoms with van der Waals surface area (Å²) in [5.74, 6) is 0. The molecule has 1 nitrogen and oxygen atoms in total. The molecule has 3 heteroatoms. The number of benzene rings is 3. The van der Waals surface area contributed by atoms with Gasteiger partial charge in [0.05, 0.1) is 0 Å². The van der Waals surface area contributed by atoms with E-state index in [9.17, 15) is 0 Å². The highest BCUT2D eigenvalue weighted by Crippen LogP contribution is 2.22. The summed E-state index contributed by atoms with van der Waals surface area (Å²) in [6.45, 7) is 0.693. The van der Waals surface area contributed by atoms with E-state index in [0.717, 1.165) is 11.3 Å². The predicted molar refractivity (Wildman–Crippen MR) is 87.7 cm³/mol. The second kappa shape index (κ2) is 5.74. The molecular weight excluding hydrogens is 289 g/mol. The van der Waals surface area contributed by atoms with Gasteiger partial charge in [-0.15, -0.1) is 0 Å². The average molecular weight is 302 g/mol. The maximum Gasteiger partial charge on any atom is 0.0424 e. The first-order chi connectivity index (χ1) is 9.70. The molecule has 0 fully saturated rings. The summed E-state index contributed by atoms with van der Waals surface area (Å²) in [7, 11) is 0. The van der Waals surface area contributed by atoms with Crippen molar-refractivity contribution in [3.63, 3.8) is 0 Å². The van der Waals surface area contributed by atoms with Gasteiger partial charge in [-0.3, -0.25) is 0 Å². The first-order valence-corrected chi connectivity index (χ1v) is 7.14. The van der Waals surface area contributed by atoms with Gasteiger partial charge < -0.3 is 5.32 Å². The van der Waals surface area contributed by atoms with Crippen molar-refractivity contribution in [1.29, 1.82) is 0 Å². The second-order valence-electron chi connectivity index (χ2n) is 4.69. The van der Waals surface area contributed by atoms with Gasteiger partial charge in [0.1, 0.15) is 0 Å². The van der Waals surface area contributed by atoms with Crippen LogP contribution >= 0.6 is 23.2 Å². The SMILES string of the molecule is Clc1cc(Cl)cc(CNc2ccc3ccccc3c2)c1. The molecule has 0 amide bonds. The molecule has 100 valence electrons. The smallest absolute Gasteiger partial charge is 0.0424 e. The maximum absolute atomic E-state index is 6.00. The van der Waals surface area contributed by atoms with Crippen molar-refractivity contribution in [2.75, 3.05) is 5.32 Å². The minimum atomic E-state index is 0.660. The normalized spacial score (nSPS) is 10.7. The van der Waals surface area contributed by atoms with Gasteiger partial charge in [-0.2, -0.15) is 0 Å². The summed E-state index contributed by atoms with van der Waals surface area (Å²) in [4.78, 5) is 0. The lowest BCUT2D eigenvalue weighted by Gasteiger charge is -2.08. The lowest BCUT2D eigenvalue weighted by Crippen LogP contribution is -1.99. The highest BCUT2D eigenvalue weighted by Gasteiger charge is 2.00. The molecule has 0 unspecified atom stereocenters. The van der Waals surface area contributed by atoms with Crippen molar-refractivity contribution in [2.45, 2.75) is 6.54 Å². The highest BCUT2D eigenvalue weighted by atomic mass is 35.5. The lowest BCUT2D eigenvalue weighted by molar-refractivity contribution is 1.15. The Labute approximate surface area is 128 Å². The van der Waals surface area contributed by atoms with E-state index in [4.69, 9.17) is 23.2 Å². The van der Waals surface area contributed by atoms with Gasteiger partial charge in [-0.05, 0) is 46.7 Å². The fourth-order valence-electron chi connectivity index (χ4n) is 2.22. The molecule has 0 aliphatic rings. The molecule has 3 rings (SSSR count).